The van der Waals surface area contributed by atoms with Crippen LogP contribution < -0.4 is 5.32 Å². The summed E-state index contributed by atoms with van der Waals surface area (Å²) in [5.41, 5.74) is 1.47. The molecule has 1 aliphatic rings. The van der Waals surface area contributed by atoms with E-state index in [2.05, 4.69) is 31.4 Å². The summed E-state index contributed by atoms with van der Waals surface area (Å²) in [7, 11) is 0. The Morgan fingerprint density at radius 1 is 1.69 bits per heavy atom. The summed E-state index contributed by atoms with van der Waals surface area (Å²) in [6.45, 7) is 2.62. The van der Waals surface area contributed by atoms with Gasteiger partial charge in [0.05, 0.1) is 11.8 Å². The van der Waals surface area contributed by atoms with Crippen LogP contribution in [-0.2, 0) is 0 Å². The van der Waals surface area contributed by atoms with Gasteiger partial charge < -0.3 is 5.32 Å². The summed E-state index contributed by atoms with van der Waals surface area (Å²) in [4.78, 5) is 12.4. The van der Waals surface area contributed by atoms with Crippen LogP contribution in [0.5, 0.6) is 0 Å². The van der Waals surface area contributed by atoms with Gasteiger partial charge in [0, 0.05) is 17.1 Å². The zero-order valence-electron chi connectivity index (χ0n) is 9.29. The van der Waals surface area contributed by atoms with Crippen molar-refractivity contribution in [1.29, 1.82) is 0 Å². The number of rotatable bonds is 3. The summed E-state index contributed by atoms with van der Waals surface area (Å²) in [5, 5.41) is 9.58. The van der Waals surface area contributed by atoms with Gasteiger partial charge in [-0.1, -0.05) is 15.9 Å². The molecule has 2 N–H and O–H groups in total. The van der Waals surface area contributed by atoms with E-state index in [1.807, 2.05) is 6.92 Å². The predicted molar refractivity (Wildman–Crippen MR) is 65.7 cm³/mol. The Bertz CT molecular complexity index is 377. The highest BCUT2D eigenvalue weighted by Crippen LogP contribution is 2.30. The van der Waals surface area contributed by atoms with Crippen LogP contribution in [0.2, 0.25) is 0 Å². The quantitative estimate of drug-likeness (QED) is 0.835. The standard InChI is InChI=1S/C11H16BrN3O/c1-7-10(6-14-15-7)11(16)13-5-8-2-3-9(12)4-8/h6,8-9H,2-5H2,1H3,(H,13,16)(H,14,15). The van der Waals surface area contributed by atoms with Crippen LogP contribution in [0, 0.1) is 12.8 Å². The van der Waals surface area contributed by atoms with Crippen LogP contribution in [0.15, 0.2) is 6.20 Å². The Kier molecular flexibility index (Phi) is 3.63. The summed E-state index contributed by atoms with van der Waals surface area (Å²) >= 11 is 3.61. The van der Waals surface area contributed by atoms with E-state index in [4.69, 9.17) is 0 Å². The molecular weight excluding hydrogens is 270 g/mol. The average molecular weight is 286 g/mol. The van der Waals surface area contributed by atoms with Crippen LogP contribution in [0.3, 0.4) is 0 Å². The first kappa shape index (κ1) is 11.6. The lowest BCUT2D eigenvalue weighted by atomic mass is 10.1. The number of nitrogens with one attached hydrogen (secondary N) is 2. The Morgan fingerprint density at radius 2 is 2.50 bits per heavy atom. The molecule has 1 aromatic rings. The number of halogens is 1. The number of amides is 1. The first-order valence-electron chi connectivity index (χ1n) is 5.59. The van der Waals surface area contributed by atoms with Gasteiger partial charge in [-0.15, -0.1) is 0 Å². The molecule has 1 amide bonds. The molecular formula is C11H16BrN3O. The number of nitrogens with zero attached hydrogens (tertiary/aromatic N) is 1. The molecule has 1 aromatic heterocycles. The predicted octanol–water partition coefficient (Wildman–Crippen LogP) is 2.01. The maximum Gasteiger partial charge on any atom is 0.254 e. The summed E-state index contributed by atoms with van der Waals surface area (Å²) < 4.78 is 0. The first-order valence-corrected chi connectivity index (χ1v) is 6.50. The van der Waals surface area contributed by atoms with Gasteiger partial charge in [-0.2, -0.15) is 5.10 Å². The minimum Gasteiger partial charge on any atom is -0.352 e. The third kappa shape index (κ3) is 2.64. The van der Waals surface area contributed by atoms with Crippen molar-refractivity contribution in [3.05, 3.63) is 17.5 Å². The minimum absolute atomic E-state index is 0.0238. The molecule has 0 saturated heterocycles. The third-order valence-electron chi connectivity index (χ3n) is 3.10. The highest BCUT2D eigenvalue weighted by molar-refractivity contribution is 9.09. The normalized spacial score (nSPS) is 24.6. The molecule has 1 aliphatic carbocycles. The maximum absolute atomic E-state index is 11.8. The fourth-order valence-electron chi connectivity index (χ4n) is 2.11. The number of hydrogen-bond acceptors (Lipinski definition) is 2. The lowest BCUT2D eigenvalue weighted by molar-refractivity contribution is 0.0947. The molecule has 2 unspecified atom stereocenters. The highest BCUT2D eigenvalue weighted by Gasteiger charge is 2.23. The van der Waals surface area contributed by atoms with E-state index in [1.165, 1.54) is 12.8 Å². The van der Waals surface area contributed by atoms with Crippen LogP contribution >= 0.6 is 15.9 Å². The smallest absolute Gasteiger partial charge is 0.254 e. The van der Waals surface area contributed by atoms with Crippen molar-refractivity contribution in [1.82, 2.24) is 15.5 Å². The Hall–Kier alpha value is -0.840. The fraction of sp³-hybridized carbons (Fsp3) is 0.636. The van der Waals surface area contributed by atoms with Crippen LogP contribution in [0.1, 0.15) is 35.3 Å². The number of H-pyrrole nitrogens is 1. The van der Waals surface area contributed by atoms with Crippen molar-refractivity contribution in [2.45, 2.75) is 31.0 Å². The Labute approximate surface area is 103 Å². The lowest BCUT2D eigenvalue weighted by Crippen LogP contribution is -2.28. The number of carbonyl (C=O) groups is 1. The highest BCUT2D eigenvalue weighted by atomic mass is 79.9. The summed E-state index contributed by atoms with van der Waals surface area (Å²) in [6.07, 6.45) is 5.14. The average Bonchev–Trinajstić information content (AvgIpc) is 2.84. The van der Waals surface area contributed by atoms with E-state index in [1.54, 1.807) is 6.20 Å². The Morgan fingerprint density at radius 3 is 3.06 bits per heavy atom. The van der Waals surface area contributed by atoms with Crippen LogP contribution in [0.4, 0.5) is 0 Å². The molecule has 0 radical (unpaired) electrons. The molecule has 1 fully saturated rings. The van der Waals surface area contributed by atoms with Gasteiger partial charge in [0.25, 0.3) is 5.91 Å². The molecule has 5 heteroatoms. The molecule has 0 bridgehead atoms. The van der Waals surface area contributed by atoms with E-state index in [0.29, 0.717) is 16.3 Å². The molecule has 1 saturated carbocycles. The molecule has 2 rings (SSSR count). The van der Waals surface area contributed by atoms with Crippen molar-refractivity contribution in [2.75, 3.05) is 6.54 Å². The van der Waals surface area contributed by atoms with Gasteiger partial charge >= 0.3 is 0 Å². The molecule has 1 heterocycles. The largest absolute Gasteiger partial charge is 0.352 e. The van der Waals surface area contributed by atoms with E-state index < -0.39 is 0 Å². The van der Waals surface area contributed by atoms with Crippen molar-refractivity contribution < 1.29 is 4.79 Å². The number of alkyl halides is 1. The van der Waals surface area contributed by atoms with Gasteiger partial charge in [0.2, 0.25) is 0 Å². The zero-order chi connectivity index (χ0) is 11.5. The van der Waals surface area contributed by atoms with E-state index >= 15 is 0 Å². The second-order valence-electron chi connectivity index (χ2n) is 4.40. The van der Waals surface area contributed by atoms with Crippen molar-refractivity contribution in [3.8, 4) is 0 Å². The molecule has 2 atom stereocenters. The molecule has 0 aliphatic heterocycles. The summed E-state index contributed by atoms with van der Waals surface area (Å²) in [6, 6.07) is 0. The molecule has 0 aromatic carbocycles. The fourth-order valence-corrected chi connectivity index (χ4v) is 2.90. The number of aryl methyl sites for hydroxylation is 1. The summed E-state index contributed by atoms with van der Waals surface area (Å²) in [5.74, 6) is 0.588. The number of aromatic amines is 1. The molecule has 88 valence electrons. The van der Waals surface area contributed by atoms with E-state index in [-0.39, 0.29) is 5.91 Å². The van der Waals surface area contributed by atoms with Gasteiger partial charge in [0.15, 0.2) is 0 Å². The van der Waals surface area contributed by atoms with Gasteiger partial charge in [-0.05, 0) is 32.1 Å². The van der Waals surface area contributed by atoms with Crippen molar-refractivity contribution in [2.24, 2.45) is 5.92 Å². The van der Waals surface area contributed by atoms with Crippen molar-refractivity contribution >= 4 is 21.8 Å². The van der Waals surface area contributed by atoms with Crippen molar-refractivity contribution in [3.63, 3.8) is 0 Å². The molecule has 0 spiro atoms. The molecule has 4 nitrogen and oxygen atoms in total. The zero-order valence-corrected chi connectivity index (χ0v) is 10.9. The lowest BCUT2D eigenvalue weighted by Gasteiger charge is -2.10. The van der Waals surface area contributed by atoms with Crippen LogP contribution in [0.25, 0.3) is 0 Å². The van der Waals surface area contributed by atoms with Gasteiger partial charge in [0.1, 0.15) is 0 Å². The van der Waals surface area contributed by atoms with Crippen LogP contribution in [-0.4, -0.2) is 27.5 Å². The second kappa shape index (κ2) is 4.99. The number of aromatic nitrogens is 2. The monoisotopic (exact) mass is 285 g/mol. The number of carbonyl (C=O) groups excluding carboxylic acids is 1. The second-order valence-corrected chi connectivity index (χ2v) is 5.69. The van der Waals surface area contributed by atoms with E-state index in [9.17, 15) is 4.79 Å². The third-order valence-corrected chi connectivity index (χ3v) is 3.93. The molecule has 16 heavy (non-hydrogen) atoms. The van der Waals surface area contributed by atoms with Gasteiger partial charge in [-0.3, -0.25) is 9.89 Å². The van der Waals surface area contributed by atoms with E-state index in [0.717, 1.165) is 18.7 Å². The number of hydrogen-bond donors (Lipinski definition) is 2. The van der Waals surface area contributed by atoms with Gasteiger partial charge in [-0.25, -0.2) is 0 Å². The maximum atomic E-state index is 11.8. The SMILES string of the molecule is Cc1[nH]ncc1C(=O)NCC1CCC(Br)C1. The first-order chi connectivity index (χ1) is 7.66. The topological polar surface area (TPSA) is 57.8 Å². The Balaban J connectivity index is 1.82. The minimum atomic E-state index is -0.0238.